The molecule has 0 aliphatic carbocycles. The van der Waals surface area contributed by atoms with Gasteiger partial charge in [0.2, 0.25) is 0 Å². The van der Waals surface area contributed by atoms with Crippen molar-refractivity contribution in [3.63, 3.8) is 0 Å². The molecule has 0 aliphatic heterocycles. The van der Waals surface area contributed by atoms with Crippen molar-refractivity contribution in [2.24, 2.45) is 15.9 Å². The number of phenolic OH excluding ortho intramolecular Hbond substituents is 1. The molecule has 0 atom stereocenters. The van der Waals surface area contributed by atoms with Gasteiger partial charge in [0.15, 0.2) is 5.17 Å². The number of hydrogen-bond donors (Lipinski definition) is 2. The zero-order valence-corrected chi connectivity index (χ0v) is 14.9. The van der Waals surface area contributed by atoms with Crippen LogP contribution in [0.5, 0.6) is 5.75 Å². The van der Waals surface area contributed by atoms with Gasteiger partial charge in [0.1, 0.15) is 5.75 Å². The van der Waals surface area contributed by atoms with Crippen LogP contribution >= 0.6 is 11.8 Å². The van der Waals surface area contributed by atoms with Crippen molar-refractivity contribution in [2.45, 2.75) is 5.75 Å². The molecule has 5 heteroatoms. The molecular weight excluding hydrogens is 342 g/mol. The highest BCUT2D eigenvalue weighted by atomic mass is 32.2. The summed E-state index contributed by atoms with van der Waals surface area (Å²) in [6, 6.07) is 25.1. The van der Waals surface area contributed by atoms with Gasteiger partial charge in [-0.2, -0.15) is 5.10 Å². The van der Waals surface area contributed by atoms with Crippen LogP contribution in [0.15, 0.2) is 89.1 Å². The third kappa shape index (κ3) is 5.22. The highest BCUT2D eigenvalue weighted by Crippen LogP contribution is 2.23. The Morgan fingerprint density at radius 3 is 2.42 bits per heavy atom. The van der Waals surface area contributed by atoms with E-state index in [4.69, 9.17) is 5.73 Å². The molecule has 3 rings (SSSR count). The normalized spacial score (nSPS) is 11.8. The van der Waals surface area contributed by atoms with E-state index in [0.717, 1.165) is 22.4 Å². The first-order valence-electron chi connectivity index (χ1n) is 8.13. The molecule has 0 bridgehead atoms. The maximum Gasteiger partial charge on any atom is 0.180 e. The largest absolute Gasteiger partial charge is 0.508 e. The van der Waals surface area contributed by atoms with Crippen LogP contribution in [0.25, 0.3) is 11.1 Å². The van der Waals surface area contributed by atoms with E-state index in [0.29, 0.717) is 5.17 Å². The smallest absolute Gasteiger partial charge is 0.180 e. The lowest BCUT2D eigenvalue weighted by atomic mass is 10.0. The van der Waals surface area contributed by atoms with E-state index in [2.05, 4.69) is 22.3 Å². The fourth-order valence-corrected chi connectivity index (χ4v) is 3.01. The Morgan fingerprint density at radius 2 is 1.65 bits per heavy atom. The first-order chi connectivity index (χ1) is 12.7. The van der Waals surface area contributed by atoms with Gasteiger partial charge in [-0.1, -0.05) is 72.4 Å². The average molecular weight is 361 g/mol. The van der Waals surface area contributed by atoms with Crippen molar-refractivity contribution in [2.75, 3.05) is 0 Å². The molecule has 0 radical (unpaired) electrons. The summed E-state index contributed by atoms with van der Waals surface area (Å²) in [7, 11) is 0. The summed E-state index contributed by atoms with van der Waals surface area (Å²) < 4.78 is 0. The number of aromatic hydroxyl groups is 1. The van der Waals surface area contributed by atoms with Crippen LogP contribution in [-0.2, 0) is 5.75 Å². The van der Waals surface area contributed by atoms with E-state index < -0.39 is 0 Å². The number of benzene rings is 3. The molecule has 3 aromatic carbocycles. The lowest BCUT2D eigenvalue weighted by Gasteiger charge is -2.03. The van der Waals surface area contributed by atoms with Crippen molar-refractivity contribution in [1.29, 1.82) is 0 Å². The summed E-state index contributed by atoms with van der Waals surface area (Å²) >= 11 is 1.45. The Morgan fingerprint density at radius 1 is 0.923 bits per heavy atom. The summed E-state index contributed by atoms with van der Waals surface area (Å²) in [6.45, 7) is 0. The van der Waals surface area contributed by atoms with Gasteiger partial charge in [0, 0.05) is 5.75 Å². The van der Waals surface area contributed by atoms with Crippen molar-refractivity contribution in [3.05, 3.63) is 90.0 Å². The van der Waals surface area contributed by atoms with Crippen molar-refractivity contribution in [3.8, 4) is 16.9 Å². The molecule has 0 unspecified atom stereocenters. The van der Waals surface area contributed by atoms with E-state index in [-0.39, 0.29) is 5.75 Å². The van der Waals surface area contributed by atoms with Gasteiger partial charge in [-0.15, -0.1) is 5.10 Å². The molecule has 4 nitrogen and oxygen atoms in total. The highest BCUT2D eigenvalue weighted by Gasteiger charge is 2.00. The summed E-state index contributed by atoms with van der Waals surface area (Å²) in [4.78, 5) is 0. The van der Waals surface area contributed by atoms with Gasteiger partial charge >= 0.3 is 0 Å². The highest BCUT2D eigenvalue weighted by molar-refractivity contribution is 8.13. The van der Waals surface area contributed by atoms with Gasteiger partial charge in [-0.25, -0.2) is 0 Å². The Bertz CT molecular complexity index is 923. The Balaban J connectivity index is 1.64. The second-order valence-electron chi connectivity index (χ2n) is 5.63. The second kappa shape index (κ2) is 8.87. The molecule has 3 aromatic rings. The third-order valence-corrected chi connectivity index (χ3v) is 4.51. The Labute approximate surface area is 157 Å². The van der Waals surface area contributed by atoms with Crippen LogP contribution in [0.4, 0.5) is 0 Å². The van der Waals surface area contributed by atoms with E-state index in [1.807, 2.05) is 54.6 Å². The monoisotopic (exact) mass is 361 g/mol. The standard InChI is InChI=1S/C21H19N3OS/c22-21(26-15-16-6-2-1-3-7-16)24-23-14-17-8-4-9-18(12-17)19-10-5-11-20(25)13-19/h1-14,25H,15H2,(H2,22,24). The predicted molar refractivity (Wildman–Crippen MR) is 110 cm³/mol. The molecule has 0 saturated heterocycles. The first kappa shape index (κ1) is 17.8. The maximum absolute atomic E-state index is 9.62. The summed E-state index contributed by atoms with van der Waals surface area (Å²) in [5, 5.41) is 18.2. The zero-order valence-electron chi connectivity index (χ0n) is 14.1. The first-order valence-corrected chi connectivity index (χ1v) is 9.12. The Kier molecular flexibility index (Phi) is 6.06. The maximum atomic E-state index is 9.62. The number of phenols is 1. The number of hydrogen-bond acceptors (Lipinski definition) is 4. The van der Waals surface area contributed by atoms with Gasteiger partial charge < -0.3 is 10.8 Å². The molecule has 26 heavy (non-hydrogen) atoms. The Hall–Kier alpha value is -3.05. The minimum atomic E-state index is 0.245. The SMILES string of the molecule is NC(=NN=Cc1cccc(-c2cccc(O)c2)c1)SCc1ccccc1. The van der Waals surface area contributed by atoms with Crippen molar-refractivity contribution < 1.29 is 5.11 Å². The lowest BCUT2D eigenvalue weighted by molar-refractivity contribution is 0.475. The van der Waals surface area contributed by atoms with Crippen LogP contribution in [0, 0.1) is 0 Å². The zero-order chi connectivity index (χ0) is 18.2. The number of amidine groups is 1. The van der Waals surface area contributed by atoms with E-state index in [9.17, 15) is 5.11 Å². The van der Waals surface area contributed by atoms with Crippen LogP contribution in [0.2, 0.25) is 0 Å². The molecule has 0 fully saturated rings. The molecule has 0 saturated carbocycles. The molecule has 0 aliphatic rings. The summed E-state index contributed by atoms with van der Waals surface area (Å²) in [6.07, 6.45) is 1.67. The fraction of sp³-hybridized carbons (Fsp3) is 0.0476. The molecule has 130 valence electrons. The second-order valence-corrected chi connectivity index (χ2v) is 6.63. The number of nitrogens with two attached hydrogens (primary N) is 1. The van der Waals surface area contributed by atoms with Crippen LogP contribution in [0.3, 0.4) is 0 Å². The molecule has 3 N–H and O–H groups in total. The van der Waals surface area contributed by atoms with Gasteiger partial charge in [0.25, 0.3) is 0 Å². The summed E-state index contributed by atoms with van der Waals surface area (Å²) in [5.41, 5.74) is 9.95. The van der Waals surface area contributed by atoms with E-state index in [1.165, 1.54) is 17.3 Å². The van der Waals surface area contributed by atoms with E-state index in [1.54, 1.807) is 18.3 Å². The van der Waals surface area contributed by atoms with Crippen LogP contribution in [-0.4, -0.2) is 16.5 Å². The molecular formula is C21H19N3OS. The van der Waals surface area contributed by atoms with E-state index >= 15 is 0 Å². The molecule has 0 spiro atoms. The molecule has 0 aromatic heterocycles. The number of thioether (sulfide) groups is 1. The average Bonchev–Trinajstić information content (AvgIpc) is 2.67. The topological polar surface area (TPSA) is 71.0 Å². The van der Waals surface area contributed by atoms with Crippen molar-refractivity contribution >= 4 is 23.1 Å². The van der Waals surface area contributed by atoms with Crippen molar-refractivity contribution in [1.82, 2.24) is 0 Å². The lowest BCUT2D eigenvalue weighted by Crippen LogP contribution is -2.05. The minimum Gasteiger partial charge on any atom is -0.508 e. The quantitative estimate of drug-likeness (QED) is 0.395. The van der Waals surface area contributed by atoms with Gasteiger partial charge in [-0.05, 0) is 40.5 Å². The van der Waals surface area contributed by atoms with Crippen LogP contribution < -0.4 is 5.73 Å². The minimum absolute atomic E-state index is 0.245. The predicted octanol–water partition coefficient (Wildman–Crippen LogP) is 4.64. The third-order valence-electron chi connectivity index (χ3n) is 3.66. The van der Waals surface area contributed by atoms with Gasteiger partial charge in [0.05, 0.1) is 6.21 Å². The summed E-state index contributed by atoms with van der Waals surface area (Å²) in [5.74, 6) is 1.01. The van der Waals surface area contributed by atoms with Crippen LogP contribution in [0.1, 0.15) is 11.1 Å². The number of rotatable bonds is 5. The molecule has 0 amide bonds. The fourth-order valence-electron chi connectivity index (χ4n) is 2.40. The van der Waals surface area contributed by atoms with Gasteiger partial charge in [-0.3, -0.25) is 0 Å². The molecule has 0 heterocycles. The number of nitrogens with zero attached hydrogens (tertiary/aromatic N) is 2.